The summed E-state index contributed by atoms with van der Waals surface area (Å²) in [5, 5.41) is 12.8. The molecular weight excluding hydrogens is 458 g/mol. The number of amides is 2. The summed E-state index contributed by atoms with van der Waals surface area (Å²) in [6.45, 7) is 0. The molecule has 0 saturated heterocycles. The Labute approximate surface area is 198 Å². The second kappa shape index (κ2) is 8.17. The summed E-state index contributed by atoms with van der Waals surface area (Å²) in [7, 11) is 1.47. The molecule has 2 N–H and O–H groups in total. The number of carboxylic acid groups (broad SMARTS) is 1. The first-order valence-electron chi connectivity index (χ1n) is 10.1. The third kappa shape index (κ3) is 3.41. The molecule has 0 saturated carbocycles. The maximum absolute atomic E-state index is 13.0. The summed E-state index contributed by atoms with van der Waals surface area (Å²) >= 11 is 6.20. The van der Waals surface area contributed by atoms with E-state index in [1.54, 1.807) is 29.0 Å². The van der Waals surface area contributed by atoms with Crippen LogP contribution in [0.2, 0.25) is 5.02 Å². The second-order valence-corrected chi connectivity index (χ2v) is 7.98. The molecule has 0 fully saturated rings. The molecule has 0 unspecified atom stereocenters. The highest BCUT2D eigenvalue weighted by molar-refractivity contribution is 6.50. The van der Waals surface area contributed by atoms with E-state index in [4.69, 9.17) is 16.3 Å². The number of carbonyl (C=O) groups excluding carboxylic acids is 2. The summed E-state index contributed by atoms with van der Waals surface area (Å²) in [5.74, 6) is -1.83. The monoisotopic (exact) mass is 473 g/mol. The summed E-state index contributed by atoms with van der Waals surface area (Å²) in [6, 6.07) is 13.6. The van der Waals surface area contributed by atoms with E-state index in [0.29, 0.717) is 38.5 Å². The fourth-order valence-electron chi connectivity index (χ4n) is 4.11. The van der Waals surface area contributed by atoms with E-state index in [-0.39, 0.29) is 16.7 Å². The fourth-order valence-corrected chi connectivity index (χ4v) is 4.29. The van der Waals surface area contributed by atoms with Gasteiger partial charge in [0, 0.05) is 33.9 Å². The maximum Gasteiger partial charge on any atom is 0.337 e. The lowest BCUT2D eigenvalue weighted by atomic mass is 9.95. The van der Waals surface area contributed by atoms with Gasteiger partial charge in [-0.1, -0.05) is 29.8 Å². The first-order chi connectivity index (χ1) is 16.4. The van der Waals surface area contributed by atoms with Gasteiger partial charge in [-0.2, -0.15) is 0 Å². The minimum Gasteiger partial charge on any atom is -0.496 e. The van der Waals surface area contributed by atoms with Crippen LogP contribution in [0.5, 0.6) is 5.75 Å². The van der Waals surface area contributed by atoms with Crippen LogP contribution in [0, 0.1) is 0 Å². The third-order valence-corrected chi connectivity index (χ3v) is 5.83. The number of aromatic nitrogens is 2. The number of ether oxygens (including phenoxy) is 1. The zero-order valence-corrected chi connectivity index (χ0v) is 18.5. The van der Waals surface area contributed by atoms with Crippen LogP contribution in [0.1, 0.15) is 21.5 Å². The van der Waals surface area contributed by atoms with Crippen LogP contribution < -0.4 is 10.1 Å². The molecule has 0 radical (unpaired) electrons. The zero-order valence-electron chi connectivity index (χ0n) is 17.7. The van der Waals surface area contributed by atoms with Crippen molar-refractivity contribution in [3.8, 4) is 11.4 Å². The number of aromatic carboxylic acids is 1. The normalized spacial score (nSPS) is 13.5. The number of nitrogens with one attached hydrogen (secondary N) is 1. The summed E-state index contributed by atoms with van der Waals surface area (Å²) in [5.41, 5.74) is 2.42. The lowest BCUT2D eigenvalue weighted by molar-refractivity contribution is -0.122. The van der Waals surface area contributed by atoms with Gasteiger partial charge in [-0.25, -0.2) is 4.79 Å². The highest BCUT2D eigenvalue weighted by atomic mass is 35.5. The van der Waals surface area contributed by atoms with Gasteiger partial charge in [-0.05, 0) is 30.3 Å². The van der Waals surface area contributed by atoms with Crippen LogP contribution in [0.25, 0.3) is 27.7 Å². The molecular formula is C25H16ClN3O5. The van der Waals surface area contributed by atoms with Crippen LogP contribution in [0.15, 0.2) is 67.1 Å². The Morgan fingerprint density at radius 3 is 2.50 bits per heavy atom. The van der Waals surface area contributed by atoms with E-state index in [1.165, 1.54) is 25.6 Å². The van der Waals surface area contributed by atoms with E-state index in [1.807, 2.05) is 24.3 Å². The molecule has 2 aromatic carbocycles. The molecule has 4 aromatic rings. The molecule has 2 amide bonds. The average Bonchev–Trinajstić information content (AvgIpc) is 3.35. The van der Waals surface area contributed by atoms with Gasteiger partial charge in [0.2, 0.25) is 0 Å². The standard InChI is InChI=1S/C25H16ClN3O5/c1-34-20-7-6-14(26)9-17(20)21-22(24(31)28-23(21)30)18-12-29(19-5-3-2-4-16(18)19)15-8-13(25(32)33)10-27-11-15/h2-12H,1H3,(H,32,33)(H,28,30,31). The van der Waals surface area contributed by atoms with Gasteiger partial charge in [-0.3, -0.25) is 19.9 Å². The SMILES string of the molecule is COc1ccc(Cl)cc1C1=C(c2cn(-c3cncc(C(=O)O)c3)c3ccccc23)C(=O)NC1=O. The van der Waals surface area contributed by atoms with E-state index in [2.05, 4.69) is 10.3 Å². The minimum atomic E-state index is -1.11. The van der Waals surface area contributed by atoms with Crippen molar-refractivity contribution in [2.24, 2.45) is 0 Å². The number of carboxylic acids is 1. The van der Waals surface area contributed by atoms with Crippen LogP contribution >= 0.6 is 11.6 Å². The molecule has 34 heavy (non-hydrogen) atoms. The predicted octanol–water partition coefficient (Wildman–Crippen LogP) is 3.95. The molecule has 3 heterocycles. The number of methoxy groups -OCH3 is 1. The van der Waals surface area contributed by atoms with Crippen molar-refractivity contribution in [1.29, 1.82) is 0 Å². The molecule has 0 bridgehead atoms. The number of nitrogens with zero attached hydrogens (tertiary/aromatic N) is 2. The number of rotatable bonds is 5. The smallest absolute Gasteiger partial charge is 0.337 e. The molecule has 2 aromatic heterocycles. The molecule has 0 aliphatic carbocycles. The molecule has 1 aliphatic rings. The number of halogens is 1. The van der Waals surface area contributed by atoms with Crippen molar-refractivity contribution in [2.45, 2.75) is 0 Å². The second-order valence-electron chi connectivity index (χ2n) is 7.54. The van der Waals surface area contributed by atoms with Crippen molar-refractivity contribution in [3.63, 3.8) is 0 Å². The lowest BCUT2D eigenvalue weighted by Crippen LogP contribution is -2.22. The van der Waals surface area contributed by atoms with E-state index >= 15 is 0 Å². The molecule has 0 spiro atoms. The van der Waals surface area contributed by atoms with Gasteiger partial charge < -0.3 is 14.4 Å². The number of carbonyl (C=O) groups is 3. The Bertz CT molecular complexity index is 1550. The first kappa shape index (κ1) is 21.4. The Morgan fingerprint density at radius 2 is 1.76 bits per heavy atom. The lowest BCUT2D eigenvalue weighted by Gasteiger charge is -2.10. The van der Waals surface area contributed by atoms with Crippen LogP contribution in [0.4, 0.5) is 0 Å². The number of hydrogen-bond acceptors (Lipinski definition) is 5. The molecule has 5 rings (SSSR count). The van der Waals surface area contributed by atoms with E-state index < -0.39 is 17.8 Å². The minimum absolute atomic E-state index is 0.0224. The first-order valence-corrected chi connectivity index (χ1v) is 10.5. The maximum atomic E-state index is 13.0. The summed E-state index contributed by atoms with van der Waals surface area (Å²) in [6.07, 6.45) is 4.48. The summed E-state index contributed by atoms with van der Waals surface area (Å²) in [4.78, 5) is 41.4. The highest BCUT2D eigenvalue weighted by Gasteiger charge is 2.35. The number of benzene rings is 2. The van der Waals surface area contributed by atoms with Crippen LogP contribution in [-0.4, -0.2) is 39.6 Å². The number of pyridine rings is 1. The molecule has 8 nitrogen and oxygen atoms in total. The highest BCUT2D eigenvalue weighted by Crippen LogP contribution is 2.40. The van der Waals surface area contributed by atoms with Crippen LogP contribution in [-0.2, 0) is 9.59 Å². The number of para-hydroxylation sites is 1. The van der Waals surface area contributed by atoms with Gasteiger partial charge in [0.05, 0.1) is 41.2 Å². The van der Waals surface area contributed by atoms with Gasteiger partial charge in [-0.15, -0.1) is 0 Å². The van der Waals surface area contributed by atoms with Gasteiger partial charge in [0.25, 0.3) is 11.8 Å². The van der Waals surface area contributed by atoms with Gasteiger partial charge >= 0.3 is 5.97 Å². The van der Waals surface area contributed by atoms with E-state index in [0.717, 1.165) is 0 Å². The molecule has 168 valence electrons. The quantitative estimate of drug-likeness (QED) is 0.424. The Hall–Kier alpha value is -4.43. The average molecular weight is 474 g/mol. The predicted molar refractivity (Wildman–Crippen MR) is 126 cm³/mol. The van der Waals surface area contributed by atoms with Crippen molar-refractivity contribution in [2.75, 3.05) is 7.11 Å². The third-order valence-electron chi connectivity index (χ3n) is 5.59. The molecule has 0 atom stereocenters. The van der Waals surface area contributed by atoms with Crippen molar-refractivity contribution in [3.05, 3.63) is 88.8 Å². The Morgan fingerprint density at radius 1 is 1.03 bits per heavy atom. The molecule has 9 heteroatoms. The van der Waals surface area contributed by atoms with E-state index in [9.17, 15) is 19.5 Å². The summed E-state index contributed by atoms with van der Waals surface area (Å²) < 4.78 is 7.16. The fraction of sp³-hybridized carbons (Fsp3) is 0.0400. The number of imide groups is 1. The Kier molecular flexibility index (Phi) is 5.14. The van der Waals surface area contributed by atoms with Crippen LogP contribution in [0.3, 0.4) is 0 Å². The van der Waals surface area contributed by atoms with Gasteiger partial charge in [0.1, 0.15) is 5.75 Å². The topological polar surface area (TPSA) is 111 Å². The van der Waals surface area contributed by atoms with Crippen molar-refractivity contribution in [1.82, 2.24) is 14.9 Å². The van der Waals surface area contributed by atoms with Gasteiger partial charge in [0.15, 0.2) is 0 Å². The number of hydrogen-bond donors (Lipinski definition) is 2. The molecule has 1 aliphatic heterocycles. The van der Waals surface area contributed by atoms with Crippen molar-refractivity contribution >= 4 is 51.4 Å². The largest absolute Gasteiger partial charge is 0.496 e. The Balaban J connectivity index is 1.82. The number of fused-ring (bicyclic) bond motifs is 1. The van der Waals surface area contributed by atoms with Crippen molar-refractivity contribution < 1.29 is 24.2 Å². The zero-order chi connectivity index (χ0) is 24.0.